The fourth-order valence-electron chi connectivity index (χ4n) is 2.55. The molecule has 0 radical (unpaired) electrons. The van der Waals surface area contributed by atoms with E-state index in [0.717, 1.165) is 19.6 Å². The van der Waals surface area contributed by atoms with Gasteiger partial charge in [-0.05, 0) is 51.9 Å². The van der Waals surface area contributed by atoms with Gasteiger partial charge in [-0.3, -0.25) is 9.69 Å². The summed E-state index contributed by atoms with van der Waals surface area (Å²) < 4.78 is 0. The zero-order chi connectivity index (χ0) is 15.2. The number of halogens is 1. The molecule has 1 aliphatic heterocycles. The van der Waals surface area contributed by atoms with Gasteiger partial charge < -0.3 is 10.6 Å². The summed E-state index contributed by atoms with van der Waals surface area (Å²) in [6.07, 6.45) is 2.51. The van der Waals surface area contributed by atoms with Crippen molar-refractivity contribution in [3.8, 4) is 0 Å². The average Bonchev–Trinajstić information content (AvgIpc) is 2.98. The molecule has 5 nitrogen and oxygen atoms in total. The molecule has 0 aromatic carbocycles. The van der Waals surface area contributed by atoms with E-state index in [1.54, 1.807) is 12.1 Å². The number of aromatic nitrogens is 1. The van der Waals surface area contributed by atoms with Gasteiger partial charge in [0.05, 0.1) is 0 Å². The van der Waals surface area contributed by atoms with Crippen LogP contribution in [0.15, 0.2) is 12.1 Å². The van der Waals surface area contributed by atoms with Crippen molar-refractivity contribution in [2.75, 3.05) is 31.5 Å². The number of rotatable bonds is 6. The Morgan fingerprint density at radius 1 is 1.43 bits per heavy atom. The van der Waals surface area contributed by atoms with Crippen LogP contribution in [0.4, 0.5) is 5.82 Å². The third kappa shape index (κ3) is 4.58. The average molecular weight is 311 g/mol. The van der Waals surface area contributed by atoms with Crippen LogP contribution in [0.3, 0.4) is 0 Å². The Bertz CT molecular complexity index is 489. The summed E-state index contributed by atoms with van der Waals surface area (Å²) in [4.78, 5) is 18.8. The van der Waals surface area contributed by atoms with Crippen molar-refractivity contribution in [2.24, 2.45) is 0 Å². The van der Waals surface area contributed by atoms with Gasteiger partial charge in [0.1, 0.15) is 11.0 Å². The maximum absolute atomic E-state index is 12.2. The molecule has 1 aromatic rings. The van der Waals surface area contributed by atoms with Crippen LogP contribution >= 0.6 is 11.6 Å². The van der Waals surface area contributed by atoms with E-state index in [1.165, 1.54) is 12.8 Å². The molecule has 1 fully saturated rings. The monoisotopic (exact) mass is 310 g/mol. The van der Waals surface area contributed by atoms with Crippen molar-refractivity contribution in [3.63, 3.8) is 0 Å². The molecule has 0 spiro atoms. The quantitative estimate of drug-likeness (QED) is 0.792. The van der Waals surface area contributed by atoms with E-state index < -0.39 is 0 Å². The topological polar surface area (TPSA) is 57.3 Å². The van der Waals surface area contributed by atoms with Crippen LogP contribution in [0, 0.1) is 0 Å². The number of pyridine rings is 1. The first-order valence-corrected chi connectivity index (χ1v) is 7.91. The minimum atomic E-state index is -0.107. The van der Waals surface area contributed by atoms with Crippen molar-refractivity contribution in [1.29, 1.82) is 0 Å². The first-order valence-electron chi connectivity index (χ1n) is 7.54. The van der Waals surface area contributed by atoms with Crippen molar-refractivity contribution in [2.45, 2.75) is 32.7 Å². The molecule has 1 amide bonds. The van der Waals surface area contributed by atoms with E-state index in [9.17, 15) is 4.79 Å². The number of anilines is 1. The minimum Gasteiger partial charge on any atom is -0.370 e. The molecule has 2 N–H and O–H groups in total. The lowest BCUT2D eigenvalue weighted by Crippen LogP contribution is -2.40. The Kier molecular flexibility index (Phi) is 5.82. The molecule has 116 valence electrons. The van der Waals surface area contributed by atoms with Crippen LogP contribution in [0.5, 0.6) is 0 Å². The third-order valence-corrected chi connectivity index (χ3v) is 3.93. The predicted molar refractivity (Wildman–Crippen MR) is 86.0 cm³/mol. The predicted octanol–water partition coefficient (Wildman–Crippen LogP) is 2.38. The lowest BCUT2D eigenvalue weighted by molar-refractivity contribution is 0.0940. The van der Waals surface area contributed by atoms with Crippen LogP contribution in [0.2, 0.25) is 5.15 Å². The Balaban J connectivity index is 1.93. The van der Waals surface area contributed by atoms with Gasteiger partial charge in [0.25, 0.3) is 5.91 Å². The molecule has 1 unspecified atom stereocenters. The Morgan fingerprint density at radius 3 is 2.81 bits per heavy atom. The van der Waals surface area contributed by atoms with Gasteiger partial charge in [-0.2, -0.15) is 0 Å². The number of carbonyl (C=O) groups is 1. The summed E-state index contributed by atoms with van der Waals surface area (Å²) in [6, 6.07) is 3.69. The van der Waals surface area contributed by atoms with E-state index in [0.29, 0.717) is 29.1 Å². The van der Waals surface area contributed by atoms with Crippen LogP contribution in [-0.4, -0.2) is 48.0 Å². The first-order chi connectivity index (χ1) is 10.1. The number of amides is 1. The van der Waals surface area contributed by atoms with Gasteiger partial charge in [0.2, 0.25) is 0 Å². The highest BCUT2D eigenvalue weighted by Crippen LogP contribution is 2.15. The van der Waals surface area contributed by atoms with Crippen molar-refractivity contribution in [3.05, 3.63) is 22.8 Å². The van der Waals surface area contributed by atoms with Gasteiger partial charge in [0, 0.05) is 24.7 Å². The second-order valence-electron chi connectivity index (χ2n) is 5.40. The maximum atomic E-state index is 12.2. The Morgan fingerprint density at radius 2 is 2.14 bits per heavy atom. The summed E-state index contributed by atoms with van der Waals surface area (Å²) in [5, 5.41) is 6.37. The number of likely N-dealkylation sites (tertiary alicyclic amines) is 1. The molecule has 21 heavy (non-hydrogen) atoms. The number of hydrogen-bond acceptors (Lipinski definition) is 4. The van der Waals surface area contributed by atoms with Gasteiger partial charge in [-0.15, -0.1) is 0 Å². The highest BCUT2D eigenvalue weighted by atomic mass is 35.5. The molecular weight excluding hydrogens is 288 g/mol. The van der Waals surface area contributed by atoms with E-state index in [1.807, 2.05) is 6.92 Å². The molecule has 0 saturated carbocycles. The molecule has 1 saturated heterocycles. The SMILES string of the molecule is CCNc1cc(C(=O)NCC(C)N2CCCC2)cc(Cl)n1. The molecule has 2 heterocycles. The normalized spacial score (nSPS) is 16.7. The molecule has 6 heteroatoms. The smallest absolute Gasteiger partial charge is 0.251 e. The summed E-state index contributed by atoms with van der Waals surface area (Å²) >= 11 is 5.96. The largest absolute Gasteiger partial charge is 0.370 e. The molecule has 0 aliphatic carbocycles. The molecule has 1 aromatic heterocycles. The molecule has 1 aliphatic rings. The summed E-state index contributed by atoms with van der Waals surface area (Å²) in [5.74, 6) is 0.521. The summed E-state index contributed by atoms with van der Waals surface area (Å²) in [6.45, 7) is 7.76. The van der Waals surface area contributed by atoms with Crippen molar-refractivity contribution in [1.82, 2.24) is 15.2 Å². The van der Waals surface area contributed by atoms with E-state index >= 15 is 0 Å². The fourth-order valence-corrected chi connectivity index (χ4v) is 2.76. The number of nitrogens with zero attached hydrogens (tertiary/aromatic N) is 2. The second kappa shape index (κ2) is 7.61. The summed E-state index contributed by atoms with van der Waals surface area (Å²) in [5.41, 5.74) is 0.541. The van der Waals surface area contributed by atoms with E-state index in [4.69, 9.17) is 11.6 Å². The Hall–Kier alpha value is -1.33. The van der Waals surface area contributed by atoms with Gasteiger partial charge in [-0.1, -0.05) is 11.6 Å². The summed E-state index contributed by atoms with van der Waals surface area (Å²) in [7, 11) is 0. The standard InChI is InChI=1S/C15H23ClN4O/c1-3-17-14-9-12(8-13(16)19-14)15(21)18-10-11(2)20-6-4-5-7-20/h8-9,11H,3-7,10H2,1-2H3,(H,17,19)(H,18,21). The highest BCUT2D eigenvalue weighted by Gasteiger charge is 2.18. The second-order valence-corrected chi connectivity index (χ2v) is 5.78. The van der Waals surface area contributed by atoms with Gasteiger partial charge in [0.15, 0.2) is 0 Å². The van der Waals surface area contributed by atoms with E-state index in [2.05, 4.69) is 27.4 Å². The fraction of sp³-hybridized carbons (Fsp3) is 0.600. The number of hydrogen-bond donors (Lipinski definition) is 2. The van der Waals surface area contributed by atoms with Crippen LogP contribution in [-0.2, 0) is 0 Å². The maximum Gasteiger partial charge on any atom is 0.251 e. The zero-order valence-corrected chi connectivity index (χ0v) is 13.4. The Labute approximate surface area is 131 Å². The highest BCUT2D eigenvalue weighted by molar-refractivity contribution is 6.29. The number of nitrogens with one attached hydrogen (secondary N) is 2. The van der Waals surface area contributed by atoms with Crippen LogP contribution < -0.4 is 10.6 Å². The molecule has 1 atom stereocenters. The van der Waals surface area contributed by atoms with Crippen LogP contribution in [0.1, 0.15) is 37.0 Å². The number of carbonyl (C=O) groups excluding carboxylic acids is 1. The molecule has 0 bridgehead atoms. The van der Waals surface area contributed by atoms with Gasteiger partial charge >= 0.3 is 0 Å². The van der Waals surface area contributed by atoms with Crippen molar-refractivity contribution >= 4 is 23.3 Å². The van der Waals surface area contributed by atoms with Crippen LogP contribution in [0.25, 0.3) is 0 Å². The van der Waals surface area contributed by atoms with Gasteiger partial charge in [-0.25, -0.2) is 4.98 Å². The third-order valence-electron chi connectivity index (χ3n) is 3.74. The zero-order valence-electron chi connectivity index (χ0n) is 12.7. The van der Waals surface area contributed by atoms with Crippen molar-refractivity contribution < 1.29 is 4.79 Å². The minimum absolute atomic E-state index is 0.107. The first kappa shape index (κ1) is 16.0. The molecule has 2 rings (SSSR count). The lowest BCUT2D eigenvalue weighted by atomic mass is 10.2. The lowest BCUT2D eigenvalue weighted by Gasteiger charge is -2.23. The molecular formula is C15H23ClN4O. The van der Waals surface area contributed by atoms with E-state index in [-0.39, 0.29) is 5.91 Å².